The van der Waals surface area contributed by atoms with Gasteiger partial charge in [0.05, 0.1) is 13.2 Å². The molecule has 44 heavy (non-hydrogen) atoms. The fourth-order valence-corrected chi connectivity index (χ4v) is 6.45. The maximum atomic E-state index is 14.5. The van der Waals surface area contributed by atoms with Crippen LogP contribution in [0, 0.1) is 17.8 Å². The minimum absolute atomic E-state index is 0.0470. The highest BCUT2D eigenvalue weighted by molar-refractivity contribution is 7.09. The number of esters is 3. The molecule has 1 aromatic heterocycles. The topological polar surface area (TPSA) is 132 Å². The standard InChI is InChI=1S/C32H51N3O8S/c1-9-13-29(38)42-19-35(31(39)23(21(5)10-2)16-27(37)25-14-11-12-15-34(25)7)26(20(3)4)17-28(43-22(6)36)30-33-24(18-44-30)32(40)41-8/h18,20-21,23,25-26,28H,9-17,19H2,1-8H3/t21-,23-,25?,26+,28+/m0/s1. The van der Waals surface area contributed by atoms with Crippen LogP contribution in [0.2, 0.25) is 0 Å². The lowest BCUT2D eigenvalue weighted by molar-refractivity contribution is -0.161. The zero-order valence-corrected chi connectivity index (χ0v) is 28.4. The third-order valence-corrected chi connectivity index (χ3v) is 9.38. The Morgan fingerprint density at radius 1 is 1.14 bits per heavy atom. The Balaban J connectivity index is 2.49. The van der Waals surface area contributed by atoms with Gasteiger partial charge in [-0.15, -0.1) is 11.3 Å². The Hall–Kier alpha value is -2.86. The maximum absolute atomic E-state index is 14.5. The molecular weight excluding hydrogens is 586 g/mol. The summed E-state index contributed by atoms with van der Waals surface area (Å²) in [4.78, 5) is 72.8. The SMILES string of the molecule is CCCC(=O)OCN(C(=O)[C@@H](CC(=O)C1CCCCN1C)[C@@H](C)CC)[C@H](C[C@@H](OC(C)=O)c1nc(C(=O)OC)cs1)C(C)C. The summed E-state index contributed by atoms with van der Waals surface area (Å²) in [6, 6.07) is -0.771. The second-order valence-corrected chi connectivity index (χ2v) is 13.0. The van der Waals surface area contributed by atoms with Crippen LogP contribution in [-0.4, -0.2) is 83.9 Å². The van der Waals surface area contributed by atoms with Gasteiger partial charge < -0.3 is 19.1 Å². The first-order valence-electron chi connectivity index (χ1n) is 15.7. The number of amides is 1. The van der Waals surface area contributed by atoms with Crippen molar-refractivity contribution in [2.24, 2.45) is 17.8 Å². The van der Waals surface area contributed by atoms with E-state index < -0.39 is 36.0 Å². The average molecular weight is 638 g/mol. The zero-order chi connectivity index (χ0) is 33.0. The van der Waals surface area contributed by atoms with Crippen molar-refractivity contribution in [3.05, 3.63) is 16.1 Å². The number of piperidine rings is 1. The maximum Gasteiger partial charge on any atom is 0.357 e. The van der Waals surface area contributed by atoms with Gasteiger partial charge in [-0.2, -0.15) is 0 Å². The highest BCUT2D eigenvalue weighted by Crippen LogP contribution is 2.33. The molecule has 2 heterocycles. The molecule has 1 aromatic rings. The summed E-state index contributed by atoms with van der Waals surface area (Å²) in [6.45, 7) is 11.5. The van der Waals surface area contributed by atoms with Gasteiger partial charge in [-0.05, 0) is 44.7 Å². The van der Waals surface area contributed by atoms with Crippen LogP contribution in [-0.2, 0) is 33.4 Å². The molecule has 1 fully saturated rings. The Morgan fingerprint density at radius 2 is 1.84 bits per heavy atom. The molecule has 12 heteroatoms. The van der Waals surface area contributed by atoms with Crippen LogP contribution in [0.25, 0.3) is 0 Å². The van der Waals surface area contributed by atoms with Gasteiger partial charge in [0.2, 0.25) is 5.91 Å². The molecule has 1 saturated heterocycles. The number of Topliss-reactive ketones (excluding diaryl/α,β-unsaturated/α-hetero) is 1. The van der Waals surface area contributed by atoms with E-state index in [2.05, 4.69) is 9.88 Å². The van der Waals surface area contributed by atoms with E-state index in [1.165, 1.54) is 24.3 Å². The van der Waals surface area contributed by atoms with Gasteiger partial charge in [-0.25, -0.2) is 9.78 Å². The first kappa shape index (κ1) is 37.3. The van der Waals surface area contributed by atoms with Crippen LogP contribution < -0.4 is 0 Å². The Bertz CT molecular complexity index is 1120. The van der Waals surface area contributed by atoms with Crippen molar-refractivity contribution >= 4 is 40.9 Å². The molecule has 2 rings (SSSR count). The van der Waals surface area contributed by atoms with E-state index in [1.54, 1.807) is 0 Å². The normalized spacial score (nSPS) is 18.2. The first-order chi connectivity index (χ1) is 20.8. The second-order valence-electron chi connectivity index (χ2n) is 12.1. The van der Waals surface area contributed by atoms with E-state index in [-0.39, 0.29) is 61.3 Å². The number of hydrogen-bond donors (Lipinski definition) is 0. The Labute approximate surface area is 266 Å². The molecule has 0 bridgehead atoms. The van der Waals surface area contributed by atoms with E-state index in [0.29, 0.717) is 17.8 Å². The summed E-state index contributed by atoms with van der Waals surface area (Å²) in [5.41, 5.74) is 0.0928. The Morgan fingerprint density at radius 3 is 2.41 bits per heavy atom. The minimum atomic E-state index is -0.871. The average Bonchev–Trinajstić information content (AvgIpc) is 3.48. The zero-order valence-electron chi connectivity index (χ0n) is 27.6. The number of hydrogen-bond acceptors (Lipinski definition) is 11. The molecule has 0 spiro atoms. The molecule has 248 valence electrons. The van der Waals surface area contributed by atoms with Gasteiger partial charge in [0.1, 0.15) is 5.01 Å². The highest BCUT2D eigenvalue weighted by Gasteiger charge is 2.39. The molecule has 11 nitrogen and oxygen atoms in total. The molecule has 1 aliphatic rings. The lowest BCUT2D eigenvalue weighted by Gasteiger charge is -2.39. The summed E-state index contributed by atoms with van der Waals surface area (Å²) >= 11 is 1.15. The second kappa shape index (κ2) is 18.2. The van der Waals surface area contributed by atoms with E-state index >= 15 is 0 Å². The van der Waals surface area contributed by atoms with E-state index in [9.17, 15) is 24.0 Å². The van der Waals surface area contributed by atoms with Gasteiger partial charge in [-0.1, -0.05) is 47.5 Å². The Kier molecular flexibility index (Phi) is 15.4. The van der Waals surface area contributed by atoms with Gasteiger partial charge in [-0.3, -0.25) is 24.1 Å². The lowest BCUT2D eigenvalue weighted by Crippen LogP contribution is -2.50. The van der Waals surface area contributed by atoms with Crippen molar-refractivity contribution in [3.63, 3.8) is 0 Å². The number of ketones is 1. The van der Waals surface area contributed by atoms with E-state index in [0.717, 1.165) is 37.1 Å². The summed E-state index contributed by atoms with van der Waals surface area (Å²) in [7, 11) is 3.21. The van der Waals surface area contributed by atoms with Crippen LogP contribution in [0.1, 0.15) is 115 Å². The first-order valence-corrected chi connectivity index (χ1v) is 16.6. The van der Waals surface area contributed by atoms with Gasteiger partial charge in [0.25, 0.3) is 0 Å². The van der Waals surface area contributed by atoms with Crippen molar-refractivity contribution in [2.75, 3.05) is 27.4 Å². The number of ether oxygens (including phenoxy) is 3. The number of aromatic nitrogens is 1. The molecule has 0 aliphatic carbocycles. The number of carbonyl (C=O) groups is 5. The number of nitrogens with zero attached hydrogens (tertiary/aromatic N) is 3. The summed E-state index contributed by atoms with van der Waals surface area (Å²) in [5.74, 6) is -2.68. The van der Waals surface area contributed by atoms with Crippen LogP contribution in [0.3, 0.4) is 0 Å². The molecule has 1 aliphatic heterocycles. The van der Waals surface area contributed by atoms with Crippen molar-refractivity contribution in [2.45, 2.75) is 111 Å². The third-order valence-electron chi connectivity index (χ3n) is 8.44. The number of carbonyl (C=O) groups excluding carboxylic acids is 5. The van der Waals surface area contributed by atoms with Crippen molar-refractivity contribution in [1.29, 1.82) is 0 Å². The predicted octanol–water partition coefficient (Wildman–Crippen LogP) is 5.18. The molecule has 1 unspecified atom stereocenters. The predicted molar refractivity (Wildman–Crippen MR) is 167 cm³/mol. The van der Waals surface area contributed by atoms with Gasteiger partial charge in [0, 0.05) is 43.5 Å². The lowest BCUT2D eigenvalue weighted by atomic mass is 9.82. The van der Waals surface area contributed by atoms with Crippen molar-refractivity contribution in [3.8, 4) is 0 Å². The number of rotatable bonds is 17. The summed E-state index contributed by atoms with van der Waals surface area (Å²) in [6.07, 6.45) is 3.66. The van der Waals surface area contributed by atoms with Crippen LogP contribution in [0.5, 0.6) is 0 Å². The minimum Gasteiger partial charge on any atom is -0.464 e. The molecule has 0 aromatic carbocycles. The highest BCUT2D eigenvalue weighted by atomic mass is 32.1. The van der Waals surface area contributed by atoms with Crippen molar-refractivity contribution < 1.29 is 38.2 Å². The molecule has 0 N–H and O–H groups in total. The number of thiazole rings is 1. The molecular formula is C32H51N3O8S. The number of likely N-dealkylation sites (N-methyl/N-ethyl adjacent to an activating group) is 1. The largest absolute Gasteiger partial charge is 0.464 e. The number of methoxy groups -OCH3 is 1. The quantitative estimate of drug-likeness (QED) is 0.128. The van der Waals surface area contributed by atoms with Crippen LogP contribution >= 0.6 is 11.3 Å². The van der Waals surface area contributed by atoms with Crippen molar-refractivity contribution in [1.82, 2.24) is 14.8 Å². The molecule has 5 atom stereocenters. The van der Waals surface area contributed by atoms with Crippen LogP contribution in [0.15, 0.2) is 5.38 Å². The van der Waals surface area contributed by atoms with Gasteiger partial charge >= 0.3 is 17.9 Å². The smallest absolute Gasteiger partial charge is 0.357 e. The molecule has 0 saturated carbocycles. The summed E-state index contributed by atoms with van der Waals surface area (Å²) in [5, 5.41) is 1.92. The molecule has 1 amide bonds. The van der Waals surface area contributed by atoms with E-state index in [4.69, 9.17) is 14.2 Å². The fraction of sp³-hybridized carbons (Fsp3) is 0.750. The summed E-state index contributed by atoms with van der Waals surface area (Å²) < 4.78 is 16.1. The fourth-order valence-electron chi connectivity index (χ4n) is 5.62. The van der Waals surface area contributed by atoms with E-state index in [1.807, 2.05) is 41.7 Å². The number of likely N-dealkylation sites (tertiary alicyclic amines) is 1. The third kappa shape index (κ3) is 10.6. The van der Waals surface area contributed by atoms with Gasteiger partial charge in [0.15, 0.2) is 24.3 Å². The monoisotopic (exact) mass is 637 g/mol. The molecule has 0 radical (unpaired) electrons. The van der Waals surface area contributed by atoms with Crippen LogP contribution in [0.4, 0.5) is 0 Å².